The summed E-state index contributed by atoms with van der Waals surface area (Å²) in [4.78, 5) is 0. The van der Waals surface area contributed by atoms with Crippen LogP contribution < -0.4 is 10.1 Å². The van der Waals surface area contributed by atoms with Gasteiger partial charge in [-0.1, -0.05) is 18.2 Å². The number of aromatic nitrogens is 2. The number of ether oxygens (including phenoxy) is 1. The zero-order valence-corrected chi connectivity index (χ0v) is 13.7. The number of para-hydroxylation sites is 1. The van der Waals surface area contributed by atoms with Gasteiger partial charge < -0.3 is 10.1 Å². The Kier molecular flexibility index (Phi) is 3.87. The number of fused-ring (bicyclic) bond motifs is 1. The van der Waals surface area contributed by atoms with Crippen LogP contribution in [0.25, 0.3) is 5.69 Å². The molecule has 1 N–H and O–H groups in total. The number of methoxy groups -OCH3 is 1. The number of halogens is 2. The van der Waals surface area contributed by atoms with Gasteiger partial charge in [-0.05, 0) is 24.6 Å². The van der Waals surface area contributed by atoms with Gasteiger partial charge >= 0.3 is 0 Å². The minimum Gasteiger partial charge on any atom is -0.496 e. The Hall–Kier alpha value is -2.89. The van der Waals surface area contributed by atoms with Crippen molar-refractivity contribution in [3.05, 3.63) is 70.9 Å². The van der Waals surface area contributed by atoms with E-state index in [1.54, 1.807) is 7.11 Å². The maximum absolute atomic E-state index is 14.2. The summed E-state index contributed by atoms with van der Waals surface area (Å²) in [7, 11) is 1.64. The highest BCUT2D eigenvalue weighted by Crippen LogP contribution is 2.32. The van der Waals surface area contributed by atoms with Crippen molar-refractivity contribution in [2.75, 3.05) is 19.0 Å². The fourth-order valence-corrected chi connectivity index (χ4v) is 3.24. The summed E-state index contributed by atoms with van der Waals surface area (Å²) in [6, 6.07) is 11.3. The van der Waals surface area contributed by atoms with Gasteiger partial charge in [-0.3, -0.25) is 0 Å². The largest absolute Gasteiger partial charge is 0.496 e. The second kappa shape index (κ2) is 6.20. The maximum Gasteiger partial charge on any atom is 0.151 e. The lowest BCUT2D eigenvalue weighted by molar-refractivity contribution is 0.410. The Bertz CT molecular complexity index is 936. The van der Waals surface area contributed by atoms with Gasteiger partial charge in [0.15, 0.2) is 5.82 Å². The lowest BCUT2D eigenvalue weighted by atomic mass is 10.0. The fourth-order valence-electron chi connectivity index (χ4n) is 3.24. The van der Waals surface area contributed by atoms with Crippen LogP contribution in [0.2, 0.25) is 0 Å². The minimum atomic E-state index is -0.636. The standard InChI is InChI=1S/C19H17F2N3O/c1-25-18-5-3-2-4-12(18)10-16-14-8-9-22-19(14)24(23-16)17-7-6-13(20)11-15(17)21/h2-7,11,22H,8-10H2,1H3. The van der Waals surface area contributed by atoms with Gasteiger partial charge in [0.1, 0.15) is 23.1 Å². The summed E-state index contributed by atoms with van der Waals surface area (Å²) in [5, 5.41) is 7.85. The second-order valence-corrected chi connectivity index (χ2v) is 5.95. The Morgan fingerprint density at radius 1 is 1.20 bits per heavy atom. The number of rotatable bonds is 4. The van der Waals surface area contributed by atoms with E-state index in [4.69, 9.17) is 4.74 Å². The Labute approximate surface area is 144 Å². The number of hydrogen-bond acceptors (Lipinski definition) is 3. The first kappa shape index (κ1) is 15.6. The van der Waals surface area contributed by atoms with Crippen LogP contribution >= 0.6 is 0 Å². The molecule has 0 radical (unpaired) electrons. The van der Waals surface area contributed by atoms with Gasteiger partial charge in [0.25, 0.3) is 0 Å². The Morgan fingerprint density at radius 3 is 2.84 bits per heavy atom. The first-order valence-electron chi connectivity index (χ1n) is 8.09. The summed E-state index contributed by atoms with van der Waals surface area (Å²) >= 11 is 0. The van der Waals surface area contributed by atoms with Crippen molar-refractivity contribution >= 4 is 5.82 Å². The molecule has 128 valence electrons. The molecule has 4 nitrogen and oxygen atoms in total. The fraction of sp³-hybridized carbons (Fsp3) is 0.211. The molecule has 1 aliphatic rings. The van der Waals surface area contributed by atoms with Crippen molar-refractivity contribution in [3.63, 3.8) is 0 Å². The van der Waals surface area contributed by atoms with Crippen LogP contribution in [0.3, 0.4) is 0 Å². The van der Waals surface area contributed by atoms with Gasteiger partial charge in [0, 0.05) is 30.2 Å². The maximum atomic E-state index is 14.2. The SMILES string of the molecule is COc1ccccc1Cc1nn(-c2ccc(F)cc2F)c2c1CCN2. The molecule has 6 heteroatoms. The predicted octanol–water partition coefficient (Wildman–Crippen LogP) is 3.72. The third-order valence-electron chi connectivity index (χ3n) is 4.42. The van der Waals surface area contributed by atoms with Crippen LogP contribution in [0, 0.1) is 11.6 Å². The van der Waals surface area contributed by atoms with Crippen molar-refractivity contribution < 1.29 is 13.5 Å². The predicted molar refractivity (Wildman–Crippen MR) is 91.5 cm³/mol. The molecule has 25 heavy (non-hydrogen) atoms. The lowest BCUT2D eigenvalue weighted by Crippen LogP contribution is -2.07. The molecule has 1 aliphatic heterocycles. The minimum absolute atomic E-state index is 0.235. The molecule has 0 fully saturated rings. The molecular weight excluding hydrogens is 324 g/mol. The Morgan fingerprint density at radius 2 is 2.04 bits per heavy atom. The van der Waals surface area contributed by atoms with E-state index >= 15 is 0 Å². The molecule has 0 atom stereocenters. The molecule has 0 bridgehead atoms. The van der Waals surface area contributed by atoms with E-state index in [2.05, 4.69) is 10.4 Å². The van der Waals surface area contributed by atoms with Gasteiger partial charge in [0.05, 0.1) is 12.8 Å². The molecule has 0 saturated heterocycles. The average molecular weight is 341 g/mol. The molecule has 2 heterocycles. The van der Waals surface area contributed by atoms with Gasteiger partial charge in [-0.25, -0.2) is 13.5 Å². The molecule has 0 unspecified atom stereocenters. The topological polar surface area (TPSA) is 39.1 Å². The van der Waals surface area contributed by atoms with E-state index in [0.717, 1.165) is 47.4 Å². The molecule has 2 aromatic carbocycles. The van der Waals surface area contributed by atoms with E-state index in [1.165, 1.54) is 16.8 Å². The average Bonchev–Trinajstić information content (AvgIpc) is 3.20. The number of nitrogens with one attached hydrogen (secondary N) is 1. The molecule has 0 aliphatic carbocycles. The lowest BCUT2D eigenvalue weighted by Gasteiger charge is -2.08. The van der Waals surface area contributed by atoms with Crippen molar-refractivity contribution in [2.24, 2.45) is 0 Å². The van der Waals surface area contributed by atoms with E-state index in [-0.39, 0.29) is 5.69 Å². The van der Waals surface area contributed by atoms with Crippen LogP contribution in [0.15, 0.2) is 42.5 Å². The first-order valence-corrected chi connectivity index (χ1v) is 8.09. The third-order valence-corrected chi connectivity index (χ3v) is 4.42. The summed E-state index contributed by atoms with van der Waals surface area (Å²) in [5.74, 6) is 0.329. The molecule has 0 spiro atoms. The van der Waals surface area contributed by atoms with Crippen molar-refractivity contribution in [3.8, 4) is 11.4 Å². The van der Waals surface area contributed by atoms with Crippen LogP contribution in [0.5, 0.6) is 5.75 Å². The number of anilines is 1. The monoisotopic (exact) mass is 341 g/mol. The third kappa shape index (κ3) is 2.73. The zero-order chi connectivity index (χ0) is 17.4. The Balaban J connectivity index is 1.78. The number of benzene rings is 2. The summed E-state index contributed by atoms with van der Waals surface area (Å²) in [6.07, 6.45) is 1.41. The zero-order valence-electron chi connectivity index (χ0n) is 13.7. The van der Waals surface area contributed by atoms with E-state index in [1.807, 2.05) is 24.3 Å². The van der Waals surface area contributed by atoms with Gasteiger partial charge in [-0.2, -0.15) is 5.10 Å². The van der Waals surface area contributed by atoms with Crippen molar-refractivity contribution in [1.29, 1.82) is 0 Å². The highest BCUT2D eigenvalue weighted by Gasteiger charge is 2.24. The quantitative estimate of drug-likeness (QED) is 0.786. The summed E-state index contributed by atoms with van der Waals surface area (Å²) in [6.45, 7) is 0.773. The highest BCUT2D eigenvalue weighted by atomic mass is 19.1. The smallest absolute Gasteiger partial charge is 0.151 e. The van der Waals surface area contributed by atoms with Gasteiger partial charge in [0.2, 0.25) is 0 Å². The van der Waals surface area contributed by atoms with Crippen LogP contribution in [-0.2, 0) is 12.8 Å². The molecular formula is C19H17F2N3O. The molecule has 0 saturated carbocycles. The van der Waals surface area contributed by atoms with E-state index < -0.39 is 11.6 Å². The molecule has 4 rings (SSSR count). The number of nitrogens with zero attached hydrogens (tertiary/aromatic N) is 2. The molecule has 0 amide bonds. The first-order chi connectivity index (χ1) is 12.2. The van der Waals surface area contributed by atoms with Crippen LogP contribution in [0.1, 0.15) is 16.8 Å². The van der Waals surface area contributed by atoms with Crippen molar-refractivity contribution in [2.45, 2.75) is 12.8 Å². The van der Waals surface area contributed by atoms with E-state index in [0.29, 0.717) is 6.42 Å². The highest BCUT2D eigenvalue weighted by molar-refractivity contribution is 5.58. The summed E-state index contributed by atoms with van der Waals surface area (Å²) < 4.78 is 34.4. The second-order valence-electron chi connectivity index (χ2n) is 5.95. The van der Waals surface area contributed by atoms with Gasteiger partial charge in [-0.15, -0.1) is 0 Å². The van der Waals surface area contributed by atoms with Crippen LogP contribution in [0.4, 0.5) is 14.6 Å². The summed E-state index contributed by atoms with van der Waals surface area (Å²) in [5.41, 5.74) is 3.19. The molecule has 1 aromatic heterocycles. The van der Waals surface area contributed by atoms with Crippen LogP contribution in [-0.4, -0.2) is 23.4 Å². The van der Waals surface area contributed by atoms with Crippen molar-refractivity contribution in [1.82, 2.24) is 9.78 Å². The number of hydrogen-bond donors (Lipinski definition) is 1. The normalized spacial score (nSPS) is 12.8. The molecule has 3 aromatic rings. The van der Waals surface area contributed by atoms with E-state index in [9.17, 15) is 8.78 Å².